The number of ether oxygens (including phenoxy) is 4. The molecule has 0 amide bonds. The van der Waals surface area contributed by atoms with Crippen molar-refractivity contribution < 1.29 is 49.0 Å². The second-order valence-electron chi connectivity index (χ2n) is 14.3. The number of aliphatic hydroxyl groups is 4. The molecule has 5 rings (SSSR count). The van der Waals surface area contributed by atoms with Gasteiger partial charge >= 0.3 is 5.97 Å². The Balaban J connectivity index is 1.62. The minimum Gasteiger partial charge on any atom is -0.456 e. The number of hydrogen-bond acceptors (Lipinski definition) is 10. The van der Waals surface area contributed by atoms with Crippen molar-refractivity contribution in [2.24, 2.45) is 22.2 Å². The first kappa shape index (κ1) is 33.2. The molecule has 2 bridgehead atoms. The Morgan fingerprint density at radius 1 is 1.11 bits per heavy atom. The van der Waals surface area contributed by atoms with Crippen LogP contribution < -0.4 is 0 Å². The zero-order valence-corrected chi connectivity index (χ0v) is 27.0. The predicted molar refractivity (Wildman–Crippen MR) is 159 cm³/mol. The van der Waals surface area contributed by atoms with Crippen molar-refractivity contribution in [1.29, 1.82) is 0 Å². The molecule has 10 heteroatoms. The Kier molecular flexibility index (Phi) is 8.27. The van der Waals surface area contributed by atoms with Gasteiger partial charge < -0.3 is 39.4 Å². The molecule has 1 aliphatic heterocycles. The van der Waals surface area contributed by atoms with Crippen LogP contribution in [0.2, 0.25) is 0 Å². The fraction of sp³-hybridized carbons (Fsp3) is 0.706. The van der Waals surface area contributed by atoms with Gasteiger partial charge in [0.2, 0.25) is 0 Å². The highest BCUT2D eigenvalue weighted by molar-refractivity contribution is 5.94. The van der Waals surface area contributed by atoms with Crippen molar-refractivity contribution in [3.8, 4) is 0 Å². The highest BCUT2D eigenvalue weighted by Gasteiger charge is 2.80. The second kappa shape index (κ2) is 11.0. The van der Waals surface area contributed by atoms with Gasteiger partial charge in [-0.05, 0) is 36.5 Å². The fourth-order valence-electron chi connectivity index (χ4n) is 9.19. The number of carbonyl (C=O) groups is 2. The van der Waals surface area contributed by atoms with Crippen LogP contribution in [-0.4, -0.2) is 94.4 Å². The summed E-state index contributed by atoms with van der Waals surface area (Å²) in [6.07, 6.45) is -5.56. The van der Waals surface area contributed by atoms with Gasteiger partial charge in [-0.3, -0.25) is 4.79 Å². The topological polar surface area (TPSA) is 152 Å². The van der Waals surface area contributed by atoms with Crippen molar-refractivity contribution in [3.05, 3.63) is 47.0 Å². The molecule has 0 spiro atoms. The Bertz CT molecular complexity index is 1330. The minimum absolute atomic E-state index is 0.0469. The summed E-state index contributed by atoms with van der Waals surface area (Å²) in [5.41, 5.74) is -5.76. The van der Waals surface area contributed by atoms with Crippen LogP contribution in [0.25, 0.3) is 0 Å². The van der Waals surface area contributed by atoms with Crippen LogP contribution in [0.15, 0.2) is 41.5 Å². The van der Waals surface area contributed by atoms with Crippen LogP contribution in [0.5, 0.6) is 0 Å². The summed E-state index contributed by atoms with van der Waals surface area (Å²) < 4.78 is 23.0. The molecular weight excluding hydrogens is 568 g/mol. The summed E-state index contributed by atoms with van der Waals surface area (Å²) in [4.78, 5) is 28.1. The Labute approximate surface area is 259 Å². The maximum absolute atomic E-state index is 14.7. The van der Waals surface area contributed by atoms with E-state index >= 15 is 0 Å². The predicted octanol–water partition coefficient (Wildman–Crippen LogP) is 2.66. The molecule has 1 saturated heterocycles. The zero-order chi connectivity index (χ0) is 32.6. The number of Topliss-reactive ketones (excluding diaryl/α,β-unsaturated/α-hetero) is 1. The third-order valence-corrected chi connectivity index (χ3v) is 12.5. The molecule has 44 heavy (non-hydrogen) atoms. The molecule has 11 atom stereocenters. The lowest BCUT2D eigenvalue weighted by atomic mass is 9.36. The van der Waals surface area contributed by atoms with Gasteiger partial charge in [0, 0.05) is 36.7 Å². The molecule has 244 valence electrons. The molecule has 0 radical (unpaired) electrons. The van der Waals surface area contributed by atoms with Crippen LogP contribution in [0.1, 0.15) is 72.8 Å². The molecule has 1 heterocycles. The highest BCUT2D eigenvalue weighted by Crippen LogP contribution is 2.70. The Morgan fingerprint density at radius 3 is 2.32 bits per heavy atom. The average molecular weight is 617 g/mol. The van der Waals surface area contributed by atoms with Gasteiger partial charge in [-0.25, -0.2) is 4.79 Å². The molecule has 7 unspecified atom stereocenters. The Hall–Kier alpha value is -2.18. The van der Waals surface area contributed by atoms with E-state index in [0.717, 1.165) is 5.56 Å². The van der Waals surface area contributed by atoms with E-state index in [-0.39, 0.29) is 31.8 Å². The van der Waals surface area contributed by atoms with E-state index in [0.29, 0.717) is 5.57 Å². The molecule has 3 aliphatic carbocycles. The number of hydrogen-bond donors (Lipinski definition) is 4. The lowest BCUT2D eigenvalue weighted by molar-refractivity contribution is -0.377. The number of benzene rings is 1. The number of methoxy groups -OCH3 is 1. The number of fused-ring (bicyclic) bond motifs is 5. The number of carbonyl (C=O) groups excluding carboxylic acids is 2. The smallest absolute Gasteiger partial charge is 0.336 e. The van der Waals surface area contributed by atoms with Crippen LogP contribution >= 0.6 is 0 Å². The lowest BCUT2D eigenvalue weighted by Gasteiger charge is -2.72. The van der Waals surface area contributed by atoms with Crippen molar-refractivity contribution in [1.82, 2.24) is 0 Å². The molecule has 4 aliphatic rings. The van der Waals surface area contributed by atoms with Gasteiger partial charge in [0.25, 0.3) is 0 Å². The molecule has 1 aromatic carbocycles. The van der Waals surface area contributed by atoms with Crippen molar-refractivity contribution in [2.75, 3.05) is 20.5 Å². The largest absolute Gasteiger partial charge is 0.456 e. The summed E-state index contributed by atoms with van der Waals surface area (Å²) in [6, 6.07) is 9.11. The molecule has 10 nitrogen and oxygen atoms in total. The number of ketones is 1. The Morgan fingerprint density at radius 2 is 1.75 bits per heavy atom. The monoisotopic (exact) mass is 616 g/mol. The quantitative estimate of drug-likeness (QED) is 0.204. The minimum atomic E-state index is -1.70. The first-order valence-corrected chi connectivity index (χ1v) is 15.5. The lowest BCUT2D eigenvalue weighted by Crippen LogP contribution is -2.83. The number of aliphatic hydroxyl groups excluding tert-OH is 2. The summed E-state index contributed by atoms with van der Waals surface area (Å²) >= 11 is 0. The average Bonchev–Trinajstić information content (AvgIpc) is 2.99. The molecule has 2 saturated carbocycles. The van der Waals surface area contributed by atoms with Gasteiger partial charge in [-0.2, -0.15) is 0 Å². The summed E-state index contributed by atoms with van der Waals surface area (Å²) in [5, 5.41) is 48.2. The molecule has 1 aromatic rings. The van der Waals surface area contributed by atoms with E-state index in [2.05, 4.69) is 0 Å². The molecule has 3 fully saturated rings. The fourth-order valence-corrected chi connectivity index (χ4v) is 9.19. The van der Waals surface area contributed by atoms with Gasteiger partial charge in [-0.1, -0.05) is 65.0 Å². The summed E-state index contributed by atoms with van der Waals surface area (Å²) in [5.74, 6) is -2.78. The summed E-state index contributed by atoms with van der Waals surface area (Å²) in [7, 11) is 1.47. The van der Waals surface area contributed by atoms with E-state index < -0.39 is 81.6 Å². The highest BCUT2D eigenvalue weighted by atomic mass is 16.7. The van der Waals surface area contributed by atoms with Gasteiger partial charge in [-0.15, -0.1) is 0 Å². The SMILES string of the molecule is COCOC1CC2OC[C@@]2(O)C2(C)[C@H](C)C3(O)CC(OC(=O)C(O)[C@@H](C)c4ccccc4)C(C)=C(C(O)C(=O)[C@]12C)C3(C)C. The normalized spacial score (nSPS) is 42.6. The van der Waals surface area contributed by atoms with Crippen LogP contribution in [-0.2, 0) is 28.5 Å². The van der Waals surface area contributed by atoms with Gasteiger partial charge in [0.05, 0.1) is 29.8 Å². The summed E-state index contributed by atoms with van der Waals surface area (Å²) in [6.45, 7) is 12.1. The van der Waals surface area contributed by atoms with E-state index in [1.165, 1.54) is 7.11 Å². The molecule has 0 aromatic heterocycles. The van der Waals surface area contributed by atoms with Crippen molar-refractivity contribution >= 4 is 11.8 Å². The number of esters is 1. The first-order valence-electron chi connectivity index (χ1n) is 15.5. The van der Waals surface area contributed by atoms with Crippen molar-refractivity contribution in [2.45, 2.75) is 109 Å². The third kappa shape index (κ3) is 4.18. The molecule has 4 N–H and O–H groups in total. The van der Waals surface area contributed by atoms with E-state index in [1.54, 1.807) is 48.5 Å². The van der Waals surface area contributed by atoms with Gasteiger partial charge in [0.15, 0.2) is 11.9 Å². The van der Waals surface area contributed by atoms with E-state index in [1.807, 2.05) is 30.3 Å². The van der Waals surface area contributed by atoms with Crippen LogP contribution in [0.4, 0.5) is 0 Å². The second-order valence-corrected chi connectivity index (χ2v) is 14.3. The third-order valence-electron chi connectivity index (χ3n) is 12.5. The van der Waals surface area contributed by atoms with Crippen LogP contribution in [0, 0.1) is 22.2 Å². The standard InChI is InChI=1S/C34H48O10/c1-18(21-12-10-9-11-13-21)26(35)29(38)44-22-15-33(39)20(3)32(7)31(6,28(37)27(36)25(19(22)2)30(33,4)5)23(43-17-41-8)14-24-34(32,40)16-42-24/h9-13,18,20,22-24,26-27,35-36,39-40H,14-17H2,1-8H3/t18-,20-,22?,23?,24?,26?,27?,31-,32?,33?,34-/m0/s1. The zero-order valence-electron chi connectivity index (χ0n) is 27.0. The van der Waals surface area contributed by atoms with Gasteiger partial charge in [0.1, 0.15) is 24.6 Å². The first-order chi connectivity index (χ1) is 20.4. The van der Waals surface area contributed by atoms with Crippen LogP contribution in [0.3, 0.4) is 0 Å². The number of rotatable bonds is 7. The maximum atomic E-state index is 14.7. The van der Waals surface area contributed by atoms with E-state index in [9.17, 15) is 30.0 Å². The van der Waals surface area contributed by atoms with Crippen molar-refractivity contribution in [3.63, 3.8) is 0 Å². The van der Waals surface area contributed by atoms with E-state index in [4.69, 9.17) is 18.9 Å². The molecular formula is C34H48O10. The maximum Gasteiger partial charge on any atom is 0.336 e.